The SMILES string of the molecule is CCC(CN)N1CCN(C(=O)C2CCCO2)CC1. The standard InChI is InChI=1S/C13H25N3O2/c1-2-11(10-14)15-5-7-16(8-6-15)13(17)12-4-3-9-18-12/h11-12H,2-10,14H2,1H3. The monoisotopic (exact) mass is 255 g/mol. The number of hydrogen-bond donors (Lipinski definition) is 1. The van der Waals surface area contributed by atoms with Gasteiger partial charge in [0.25, 0.3) is 5.91 Å². The summed E-state index contributed by atoms with van der Waals surface area (Å²) >= 11 is 0. The molecule has 2 unspecified atom stereocenters. The maximum Gasteiger partial charge on any atom is 0.251 e. The van der Waals surface area contributed by atoms with Gasteiger partial charge in [0.15, 0.2) is 0 Å². The van der Waals surface area contributed by atoms with Crippen LogP contribution in [0, 0.1) is 0 Å². The quantitative estimate of drug-likeness (QED) is 0.771. The van der Waals surface area contributed by atoms with Gasteiger partial charge in [0.1, 0.15) is 6.10 Å². The van der Waals surface area contributed by atoms with E-state index in [1.54, 1.807) is 0 Å². The number of piperazine rings is 1. The number of hydrogen-bond acceptors (Lipinski definition) is 4. The summed E-state index contributed by atoms with van der Waals surface area (Å²) in [6.45, 7) is 7.12. The normalized spacial score (nSPS) is 27.4. The molecule has 0 spiro atoms. The van der Waals surface area contributed by atoms with E-state index in [9.17, 15) is 4.79 Å². The molecule has 0 bridgehead atoms. The minimum Gasteiger partial charge on any atom is -0.368 e. The number of nitrogens with two attached hydrogens (primary N) is 1. The molecule has 2 aliphatic rings. The highest BCUT2D eigenvalue weighted by Crippen LogP contribution is 2.16. The Balaban J connectivity index is 1.80. The summed E-state index contributed by atoms with van der Waals surface area (Å²) < 4.78 is 5.46. The molecule has 0 aromatic carbocycles. The van der Waals surface area contributed by atoms with Gasteiger partial charge in [0, 0.05) is 45.4 Å². The predicted molar refractivity (Wildman–Crippen MR) is 70.3 cm³/mol. The minimum absolute atomic E-state index is 0.173. The Morgan fingerprint density at radius 3 is 2.61 bits per heavy atom. The van der Waals surface area contributed by atoms with E-state index in [-0.39, 0.29) is 12.0 Å². The summed E-state index contributed by atoms with van der Waals surface area (Å²) in [4.78, 5) is 16.5. The third-order valence-electron chi connectivity index (χ3n) is 4.09. The highest BCUT2D eigenvalue weighted by atomic mass is 16.5. The number of ether oxygens (including phenoxy) is 1. The van der Waals surface area contributed by atoms with Crippen molar-refractivity contribution in [2.24, 2.45) is 5.73 Å². The Morgan fingerprint density at radius 1 is 1.39 bits per heavy atom. The number of rotatable bonds is 4. The molecule has 2 aliphatic heterocycles. The van der Waals surface area contributed by atoms with E-state index in [2.05, 4.69) is 11.8 Å². The fraction of sp³-hybridized carbons (Fsp3) is 0.923. The van der Waals surface area contributed by atoms with E-state index < -0.39 is 0 Å². The molecular formula is C13H25N3O2. The molecule has 0 saturated carbocycles. The molecule has 2 heterocycles. The molecule has 2 saturated heterocycles. The maximum atomic E-state index is 12.2. The van der Waals surface area contributed by atoms with Crippen molar-refractivity contribution in [3.05, 3.63) is 0 Å². The van der Waals surface area contributed by atoms with Gasteiger partial charge in [0.05, 0.1) is 0 Å². The van der Waals surface area contributed by atoms with E-state index in [4.69, 9.17) is 10.5 Å². The average molecular weight is 255 g/mol. The van der Waals surface area contributed by atoms with Crippen molar-refractivity contribution in [2.75, 3.05) is 39.3 Å². The Kier molecular flexibility index (Phi) is 4.97. The van der Waals surface area contributed by atoms with Gasteiger partial charge in [-0.25, -0.2) is 0 Å². The fourth-order valence-electron chi connectivity index (χ4n) is 2.86. The number of amides is 1. The summed E-state index contributed by atoms with van der Waals surface area (Å²) in [6.07, 6.45) is 2.81. The summed E-state index contributed by atoms with van der Waals surface area (Å²) in [5.41, 5.74) is 5.77. The van der Waals surface area contributed by atoms with Crippen LogP contribution in [0.1, 0.15) is 26.2 Å². The van der Waals surface area contributed by atoms with Crippen LogP contribution >= 0.6 is 0 Å². The zero-order chi connectivity index (χ0) is 13.0. The van der Waals surface area contributed by atoms with Crippen molar-refractivity contribution in [3.8, 4) is 0 Å². The van der Waals surface area contributed by atoms with Crippen LogP contribution in [0.15, 0.2) is 0 Å². The molecule has 0 aromatic heterocycles. The third-order valence-corrected chi connectivity index (χ3v) is 4.09. The lowest BCUT2D eigenvalue weighted by molar-refractivity contribution is -0.143. The van der Waals surface area contributed by atoms with E-state index in [0.717, 1.165) is 52.0 Å². The Bertz CT molecular complexity index is 267. The van der Waals surface area contributed by atoms with E-state index in [1.807, 2.05) is 4.90 Å². The largest absolute Gasteiger partial charge is 0.368 e. The highest BCUT2D eigenvalue weighted by Gasteiger charge is 2.31. The summed E-state index contributed by atoms with van der Waals surface area (Å²) in [5, 5.41) is 0. The Morgan fingerprint density at radius 2 is 2.11 bits per heavy atom. The fourth-order valence-corrected chi connectivity index (χ4v) is 2.86. The lowest BCUT2D eigenvalue weighted by Crippen LogP contribution is -2.55. The molecule has 5 heteroatoms. The molecule has 2 fully saturated rings. The first kappa shape index (κ1) is 13.8. The van der Waals surface area contributed by atoms with Crippen molar-refractivity contribution in [1.82, 2.24) is 9.80 Å². The van der Waals surface area contributed by atoms with Crippen LogP contribution in [-0.4, -0.2) is 67.2 Å². The van der Waals surface area contributed by atoms with Crippen LogP contribution in [-0.2, 0) is 9.53 Å². The second-order valence-corrected chi connectivity index (χ2v) is 5.16. The van der Waals surface area contributed by atoms with Crippen LogP contribution in [0.4, 0.5) is 0 Å². The van der Waals surface area contributed by atoms with E-state index in [0.29, 0.717) is 12.6 Å². The molecular weight excluding hydrogens is 230 g/mol. The Hall–Kier alpha value is -0.650. The van der Waals surface area contributed by atoms with Crippen LogP contribution in [0.2, 0.25) is 0 Å². The highest BCUT2D eigenvalue weighted by molar-refractivity contribution is 5.81. The molecule has 2 atom stereocenters. The van der Waals surface area contributed by atoms with E-state index >= 15 is 0 Å². The van der Waals surface area contributed by atoms with Gasteiger partial charge in [-0.2, -0.15) is 0 Å². The van der Waals surface area contributed by atoms with Crippen LogP contribution in [0.5, 0.6) is 0 Å². The first-order chi connectivity index (χ1) is 8.76. The first-order valence-corrected chi connectivity index (χ1v) is 7.10. The zero-order valence-corrected chi connectivity index (χ0v) is 11.3. The van der Waals surface area contributed by atoms with Crippen molar-refractivity contribution in [2.45, 2.75) is 38.3 Å². The van der Waals surface area contributed by atoms with Crippen LogP contribution in [0.3, 0.4) is 0 Å². The molecule has 5 nitrogen and oxygen atoms in total. The van der Waals surface area contributed by atoms with Crippen molar-refractivity contribution in [3.63, 3.8) is 0 Å². The molecule has 2 N–H and O–H groups in total. The molecule has 104 valence electrons. The Labute approximate surface area is 109 Å². The van der Waals surface area contributed by atoms with Gasteiger partial charge < -0.3 is 15.4 Å². The number of carbonyl (C=O) groups excluding carboxylic acids is 1. The predicted octanol–water partition coefficient (Wildman–Crippen LogP) is 0.0469. The summed E-state index contributed by atoms with van der Waals surface area (Å²) in [5.74, 6) is 0.188. The molecule has 2 rings (SSSR count). The van der Waals surface area contributed by atoms with Crippen molar-refractivity contribution >= 4 is 5.91 Å². The summed E-state index contributed by atoms with van der Waals surface area (Å²) in [7, 11) is 0. The van der Waals surface area contributed by atoms with Gasteiger partial charge in [0.2, 0.25) is 0 Å². The van der Waals surface area contributed by atoms with Gasteiger partial charge in [-0.3, -0.25) is 9.69 Å². The maximum absolute atomic E-state index is 12.2. The molecule has 18 heavy (non-hydrogen) atoms. The first-order valence-electron chi connectivity index (χ1n) is 7.10. The van der Waals surface area contributed by atoms with Crippen molar-refractivity contribution in [1.29, 1.82) is 0 Å². The molecule has 0 aliphatic carbocycles. The second-order valence-electron chi connectivity index (χ2n) is 5.16. The zero-order valence-electron chi connectivity index (χ0n) is 11.3. The average Bonchev–Trinajstić information content (AvgIpc) is 2.94. The third kappa shape index (κ3) is 3.02. The van der Waals surface area contributed by atoms with Gasteiger partial charge >= 0.3 is 0 Å². The molecule has 1 amide bonds. The van der Waals surface area contributed by atoms with Gasteiger partial charge in [-0.15, -0.1) is 0 Å². The number of nitrogens with zero attached hydrogens (tertiary/aromatic N) is 2. The van der Waals surface area contributed by atoms with Crippen LogP contribution in [0.25, 0.3) is 0 Å². The molecule has 0 aromatic rings. The lowest BCUT2D eigenvalue weighted by atomic mass is 10.1. The lowest BCUT2D eigenvalue weighted by Gasteiger charge is -2.39. The van der Waals surface area contributed by atoms with Crippen LogP contribution < -0.4 is 5.73 Å². The number of carbonyl (C=O) groups is 1. The summed E-state index contributed by atoms with van der Waals surface area (Å²) in [6, 6.07) is 0.463. The smallest absolute Gasteiger partial charge is 0.251 e. The minimum atomic E-state index is -0.173. The second kappa shape index (κ2) is 6.50. The van der Waals surface area contributed by atoms with Gasteiger partial charge in [-0.05, 0) is 19.3 Å². The molecule has 0 radical (unpaired) electrons. The topological polar surface area (TPSA) is 58.8 Å². The van der Waals surface area contributed by atoms with Gasteiger partial charge in [-0.1, -0.05) is 6.92 Å². The van der Waals surface area contributed by atoms with Crippen molar-refractivity contribution < 1.29 is 9.53 Å². The van der Waals surface area contributed by atoms with E-state index in [1.165, 1.54) is 0 Å².